The summed E-state index contributed by atoms with van der Waals surface area (Å²) in [5.41, 5.74) is 3.33. The van der Waals surface area contributed by atoms with Gasteiger partial charge >= 0.3 is 11.9 Å². The topological polar surface area (TPSA) is 124 Å². The first-order valence-corrected chi connectivity index (χ1v) is 21.0. The third-order valence-corrected chi connectivity index (χ3v) is 10.3. The molecule has 2 aromatic carbocycles. The molecule has 0 radical (unpaired) electrons. The van der Waals surface area contributed by atoms with Crippen molar-refractivity contribution in [3.63, 3.8) is 0 Å². The summed E-state index contributed by atoms with van der Waals surface area (Å²) in [5, 5.41) is 17.7. The molecule has 0 saturated carbocycles. The van der Waals surface area contributed by atoms with Gasteiger partial charge in [0.25, 0.3) is 0 Å². The number of carbonyl (C=O) groups excluding carboxylic acids is 2. The van der Waals surface area contributed by atoms with Crippen LogP contribution in [-0.2, 0) is 32.2 Å². The number of hydrogen-bond donors (Lipinski definition) is 0. The van der Waals surface area contributed by atoms with Gasteiger partial charge in [-0.05, 0) is 36.8 Å². The molecule has 0 amide bonds. The lowest BCUT2D eigenvalue weighted by Crippen LogP contribution is -2.25. The first-order valence-electron chi connectivity index (χ1n) is 21.0. The van der Waals surface area contributed by atoms with Crippen LogP contribution in [0.3, 0.4) is 0 Å². The van der Waals surface area contributed by atoms with Crippen LogP contribution in [0.1, 0.15) is 66.7 Å². The van der Waals surface area contributed by atoms with Gasteiger partial charge in [0.1, 0.15) is 0 Å². The highest BCUT2D eigenvalue weighted by atomic mass is 16.5. The number of benzene rings is 2. The van der Waals surface area contributed by atoms with Gasteiger partial charge in [0.05, 0.1) is 108 Å². The maximum atomic E-state index is 13.3. The molecule has 0 aliphatic heterocycles. The molecule has 2 aromatic heterocycles. The normalized spacial score (nSPS) is 12.3. The maximum Gasteiger partial charge on any atom is 0.308 e. The molecule has 0 spiro atoms. The number of esters is 2. The van der Waals surface area contributed by atoms with Crippen LogP contribution in [0.4, 0.5) is 0 Å². The predicted molar refractivity (Wildman–Crippen MR) is 252 cm³/mol. The zero-order valence-electron chi connectivity index (χ0n) is 37.3. The lowest BCUT2D eigenvalue weighted by Gasteiger charge is -2.25. The van der Waals surface area contributed by atoms with E-state index in [1.165, 1.54) is 14.2 Å². The minimum Gasteiger partial charge on any atom is -0.469 e. The molecular weight excluding hydrogens is 815 g/mol. The lowest BCUT2D eigenvalue weighted by molar-refractivity contribution is -0.146. The summed E-state index contributed by atoms with van der Waals surface area (Å²) in [6.45, 7) is 3.93. The van der Waals surface area contributed by atoms with E-state index in [-0.39, 0.29) is 24.0 Å². The SMILES string of the molecule is C#CCN(CC#C)CC#C.C#CCN(CC#C)Cc1cn(C(CC(CCCC(CC(c2ccccc2)n2cc(CN(CC#C)CC#C)nn2)C(=O)OC)C(=O)OC)c2ccccc2)nn1. The van der Waals surface area contributed by atoms with Gasteiger partial charge in [-0.1, -0.05) is 119 Å². The summed E-state index contributed by atoms with van der Waals surface area (Å²) in [6, 6.07) is 19.0. The van der Waals surface area contributed by atoms with E-state index in [1.54, 1.807) is 9.36 Å². The van der Waals surface area contributed by atoms with Gasteiger partial charge in [0.2, 0.25) is 0 Å². The molecule has 13 heteroatoms. The fraction of sp³-hybridized carbons (Fsp3) is 0.385. The van der Waals surface area contributed by atoms with Gasteiger partial charge in [-0.3, -0.25) is 24.3 Å². The monoisotopic (exact) mass is 871 g/mol. The molecule has 0 aliphatic carbocycles. The van der Waals surface area contributed by atoms with Gasteiger partial charge < -0.3 is 9.47 Å². The van der Waals surface area contributed by atoms with Crippen LogP contribution in [0.25, 0.3) is 0 Å². The van der Waals surface area contributed by atoms with E-state index in [1.807, 2.05) is 87.8 Å². The van der Waals surface area contributed by atoms with E-state index in [4.69, 9.17) is 54.4 Å². The van der Waals surface area contributed by atoms with Crippen molar-refractivity contribution in [2.24, 2.45) is 11.8 Å². The van der Waals surface area contributed by atoms with Gasteiger partial charge in [0.15, 0.2) is 0 Å². The van der Waals surface area contributed by atoms with Crippen molar-refractivity contribution in [1.29, 1.82) is 0 Å². The summed E-state index contributed by atoms with van der Waals surface area (Å²) in [4.78, 5) is 32.3. The number of methoxy groups -OCH3 is 2. The number of carbonyl (C=O) groups is 2. The van der Waals surface area contributed by atoms with Crippen LogP contribution in [0, 0.1) is 98.2 Å². The van der Waals surface area contributed by atoms with Crippen LogP contribution in [0.15, 0.2) is 73.1 Å². The first-order chi connectivity index (χ1) is 31.7. The molecule has 13 nitrogen and oxygen atoms in total. The highest BCUT2D eigenvalue weighted by molar-refractivity contribution is 5.73. The van der Waals surface area contributed by atoms with Gasteiger partial charge in [0, 0.05) is 13.1 Å². The second-order valence-corrected chi connectivity index (χ2v) is 14.9. The van der Waals surface area contributed by atoms with Crippen molar-refractivity contribution in [2.45, 2.75) is 57.3 Å². The summed E-state index contributed by atoms with van der Waals surface area (Å²) in [5.74, 6) is 16.2. The predicted octanol–water partition coefficient (Wildman–Crippen LogP) is 4.60. The summed E-state index contributed by atoms with van der Waals surface area (Å²) in [6.07, 6.45) is 43.3. The molecule has 4 aromatic rings. The lowest BCUT2D eigenvalue weighted by atomic mass is 9.87. The van der Waals surface area contributed by atoms with Crippen molar-refractivity contribution in [3.8, 4) is 86.4 Å². The average Bonchev–Trinajstić information content (AvgIpc) is 3.99. The molecule has 65 heavy (non-hydrogen) atoms. The number of ether oxygens (including phenoxy) is 2. The summed E-state index contributed by atoms with van der Waals surface area (Å²) < 4.78 is 14.1. The molecule has 4 atom stereocenters. The van der Waals surface area contributed by atoms with Crippen molar-refractivity contribution in [3.05, 3.63) is 95.6 Å². The fourth-order valence-corrected chi connectivity index (χ4v) is 7.23. The Labute approximate surface area is 385 Å². The Bertz CT molecular complexity index is 2150. The van der Waals surface area contributed by atoms with E-state index in [0.717, 1.165) is 11.1 Å². The Morgan fingerprint density at radius 2 is 0.862 bits per heavy atom. The molecule has 4 unspecified atom stereocenters. The zero-order valence-corrected chi connectivity index (χ0v) is 37.3. The minimum absolute atomic E-state index is 0.321. The van der Waals surface area contributed by atoms with Gasteiger partial charge in [-0.25, -0.2) is 9.36 Å². The molecule has 0 bridgehead atoms. The number of hydrogen-bond acceptors (Lipinski definition) is 11. The van der Waals surface area contributed by atoms with Gasteiger partial charge in [-0.2, -0.15) is 0 Å². The first kappa shape index (κ1) is 51.8. The number of rotatable bonds is 25. The third kappa shape index (κ3) is 17.6. The van der Waals surface area contributed by atoms with E-state index in [2.05, 4.69) is 62.1 Å². The number of nitrogens with zero attached hydrogens (tertiary/aromatic N) is 9. The smallest absolute Gasteiger partial charge is 0.308 e. The van der Waals surface area contributed by atoms with Crippen LogP contribution in [-0.4, -0.2) is 117 Å². The van der Waals surface area contributed by atoms with Crippen molar-refractivity contribution >= 4 is 11.9 Å². The van der Waals surface area contributed by atoms with Gasteiger partial charge in [-0.15, -0.1) is 55.2 Å². The Morgan fingerprint density at radius 1 is 0.538 bits per heavy atom. The highest BCUT2D eigenvalue weighted by Gasteiger charge is 2.30. The maximum absolute atomic E-state index is 13.3. The van der Waals surface area contributed by atoms with Crippen LogP contribution in [0.5, 0.6) is 0 Å². The molecular formula is C52H57N9O4. The zero-order chi connectivity index (χ0) is 47.2. The Morgan fingerprint density at radius 3 is 1.17 bits per heavy atom. The van der Waals surface area contributed by atoms with E-state index < -0.39 is 11.8 Å². The van der Waals surface area contributed by atoms with Crippen LogP contribution < -0.4 is 0 Å². The summed E-state index contributed by atoms with van der Waals surface area (Å²) >= 11 is 0. The Balaban J connectivity index is 0.000000999. The number of aromatic nitrogens is 6. The van der Waals surface area contributed by atoms with Crippen molar-refractivity contribution in [2.75, 3.05) is 60.0 Å². The largest absolute Gasteiger partial charge is 0.469 e. The molecule has 0 aliphatic rings. The highest BCUT2D eigenvalue weighted by Crippen LogP contribution is 2.32. The van der Waals surface area contributed by atoms with Crippen LogP contribution in [0.2, 0.25) is 0 Å². The second-order valence-electron chi connectivity index (χ2n) is 14.9. The standard InChI is InChI=1S/C43H48N8O4.C9H9N/c1-7-24-48(25-8-2)30-38-32-50(46-44-38)40(34-18-13-11-14-19-34)28-36(42(52)54-5)22-17-23-37(43(53)55-6)29-41(35-20-15-12-16-21-35)51-33-39(45-47-51)31-49(26-9-3)27-10-4;1-4-7-10(8-5-2)9-6-3/h1-4,11-16,18-21,32-33,36-37,40-41H,17,22-31H2,5-6H3;1-3H,7-9H2. The molecule has 0 fully saturated rings. The third-order valence-electron chi connectivity index (χ3n) is 10.3. The molecule has 0 N–H and O–H groups in total. The minimum atomic E-state index is -0.503. The Kier molecular flexibility index (Phi) is 23.7. The molecule has 334 valence electrons. The number of terminal acetylenes is 7. The van der Waals surface area contributed by atoms with Crippen LogP contribution >= 0.6 is 0 Å². The molecule has 4 rings (SSSR count). The van der Waals surface area contributed by atoms with E-state index in [0.29, 0.717) is 102 Å². The average molecular weight is 872 g/mol. The van der Waals surface area contributed by atoms with Crippen molar-refractivity contribution in [1.82, 2.24) is 44.7 Å². The molecule has 0 saturated heterocycles. The fourth-order valence-electron chi connectivity index (χ4n) is 7.23. The Hall–Kier alpha value is -7.54. The quantitative estimate of drug-likeness (QED) is 0.0686. The van der Waals surface area contributed by atoms with E-state index in [9.17, 15) is 9.59 Å². The second kappa shape index (κ2) is 29.7. The summed E-state index contributed by atoms with van der Waals surface area (Å²) in [7, 11) is 2.77. The van der Waals surface area contributed by atoms with E-state index >= 15 is 0 Å². The molecule has 2 heterocycles. The van der Waals surface area contributed by atoms with Crippen molar-refractivity contribution < 1.29 is 19.1 Å².